The zero-order valence-corrected chi connectivity index (χ0v) is 16.1. The van der Waals surface area contributed by atoms with Gasteiger partial charge in [-0.25, -0.2) is 14.6 Å². The Morgan fingerprint density at radius 3 is 2.61 bits per heavy atom. The molecule has 0 N–H and O–H groups in total. The summed E-state index contributed by atoms with van der Waals surface area (Å²) in [5, 5.41) is 4.68. The maximum atomic E-state index is 13.3. The highest BCUT2D eigenvalue weighted by atomic mass is 16.5. The van der Waals surface area contributed by atoms with Gasteiger partial charge in [-0.1, -0.05) is 31.5 Å². The average molecular weight is 375 g/mol. The number of para-hydroxylation sites is 1. The fraction of sp³-hybridized carbons (Fsp3) is 0.238. The molecule has 7 heteroatoms. The van der Waals surface area contributed by atoms with E-state index in [4.69, 9.17) is 9.72 Å². The minimum atomic E-state index is -0.175. The van der Waals surface area contributed by atoms with E-state index in [9.17, 15) is 4.79 Å². The Labute approximate surface area is 162 Å². The fourth-order valence-corrected chi connectivity index (χ4v) is 3.32. The van der Waals surface area contributed by atoms with E-state index < -0.39 is 0 Å². The molecule has 4 aromatic rings. The fourth-order valence-electron chi connectivity index (χ4n) is 3.32. The predicted octanol–water partition coefficient (Wildman–Crippen LogP) is 3.14. The summed E-state index contributed by atoms with van der Waals surface area (Å²) in [6, 6.07) is 13.1. The first-order valence-electron chi connectivity index (χ1n) is 9.19. The van der Waals surface area contributed by atoms with Crippen LogP contribution in [0.25, 0.3) is 28.2 Å². The van der Waals surface area contributed by atoms with Crippen LogP contribution in [0.4, 0.5) is 0 Å². The number of hydrogen-bond acceptors (Lipinski definition) is 5. The number of fused-ring (bicyclic) bond motifs is 1. The Kier molecular flexibility index (Phi) is 4.65. The first-order chi connectivity index (χ1) is 13.7. The molecule has 0 amide bonds. The second kappa shape index (κ2) is 7.26. The molecule has 0 radical (unpaired) electrons. The Morgan fingerprint density at radius 2 is 1.89 bits per heavy atom. The molecule has 3 heterocycles. The SMILES string of the molecule is CCCc1nn(-c2ccccn2)c2c(=O)n(C)c(-c3ccccc3OC)nc12. The Hall–Kier alpha value is -3.48. The lowest BCUT2D eigenvalue weighted by molar-refractivity contribution is 0.416. The number of rotatable bonds is 5. The van der Waals surface area contributed by atoms with Gasteiger partial charge in [0.2, 0.25) is 0 Å². The molecule has 142 valence electrons. The van der Waals surface area contributed by atoms with Crippen molar-refractivity contribution in [2.24, 2.45) is 7.05 Å². The topological polar surface area (TPSA) is 74.8 Å². The standard InChI is InChI=1S/C21H21N5O2/c1-4-9-15-18-19(26(24-15)17-12-7-8-13-22-17)21(27)25(2)20(23-18)14-10-5-6-11-16(14)28-3/h5-8,10-13H,4,9H2,1-3H3. The molecular weight excluding hydrogens is 354 g/mol. The largest absolute Gasteiger partial charge is 0.496 e. The van der Waals surface area contributed by atoms with Gasteiger partial charge in [0.1, 0.15) is 17.1 Å². The van der Waals surface area contributed by atoms with E-state index in [2.05, 4.69) is 17.0 Å². The lowest BCUT2D eigenvalue weighted by Gasteiger charge is -2.12. The number of nitrogens with zero attached hydrogens (tertiary/aromatic N) is 5. The molecule has 1 aromatic carbocycles. The molecule has 0 aliphatic heterocycles. The quantitative estimate of drug-likeness (QED) is 0.536. The van der Waals surface area contributed by atoms with E-state index in [-0.39, 0.29) is 5.56 Å². The van der Waals surface area contributed by atoms with Crippen LogP contribution in [0.1, 0.15) is 19.0 Å². The van der Waals surface area contributed by atoms with Gasteiger partial charge in [0.05, 0.1) is 18.4 Å². The third kappa shape index (κ3) is 2.85. The number of ether oxygens (including phenoxy) is 1. The Balaban J connectivity index is 2.06. The van der Waals surface area contributed by atoms with Crippen molar-refractivity contribution in [1.82, 2.24) is 24.3 Å². The zero-order valence-electron chi connectivity index (χ0n) is 16.1. The van der Waals surface area contributed by atoms with Gasteiger partial charge in [-0.15, -0.1) is 0 Å². The van der Waals surface area contributed by atoms with Crippen LogP contribution in [-0.2, 0) is 13.5 Å². The van der Waals surface area contributed by atoms with E-state index in [1.165, 1.54) is 4.57 Å². The molecule has 0 atom stereocenters. The van der Waals surface area contributed by atoms with E-state index in [0.29, 0.717) is 28.4 Å². The van der Waals surface area contributed by atoms with Crippen molar-refractivity contribution in [2.45, 2.75) is 19.8 Å². The first kappa shape index (κ1) is 17.9. The molecule has 0 bridgehead atoms. The number of aryl methyl sites for hydroxylation is 1. The van der Waals surface area contributed by atoms with Crippen LogP contribution in [0.15, 0.2) is 53.5 Å². The minimum absolute atomic E-state index is 0.175. The Bertz CT molecular complexity index is 1190. The van der Waals surface area contributed by atoms with E-state index in [0.717, 1.165) is 24.1 Å². The average Bonchev–Trinajstić information content (AvgIpc) is 3.10. The normalized spacial score (nSPS) is 11.1. The van der Waals surface area contributed by atoms with Crippen molar-refractivity contribution >= 4 is 11.0 Å². The molecular formula is C21H21N5O2. The van der Waals surface area contributed by atoms with Gasteiger partial charge in [0, 0.05) is 13.2 Å². The zero-order chi connectivity index (χ0) is 19.7. The summed E-state index contributed by atoms with van der Waals surface area (Å²) < 4.78 is 8.61. The number of pyridine rings is 1. The number of methoxy groups -OCH3 is 1. The number of benzene rings is 1. The van der Waals surface area contributed by atoms with Gasteiger partial charge < -0.3 is 4.74 Å². The summed E-state index contributed by atoms with van der Waals surface area (Å²) in [6.45, 7) is 2.08. The molecule has 0 spiro atoms. The smallest absolute Gasteiger partial charge is 0.280 e. The summed E-state index contributed by atoms with van der Waals surface area (Å²) in [5.74, 6) is 1.81. The third-order valence-corrected chi connectivity index (χ3v) is 4.67. The molecule has 3 aromatic heterocycles. The van der Waals surface area contributed by atoms with Gasteiger partial charge in [-0.3, -0.25) is 9.36 Å². The Morgan fingerprint density at radius 1 is 1.11 bits per heavy atom. The maximum Gasteiger partial charge on any atom is 0.280 e. The van der Waals surface area contributed by atoms with Crippen LogP contribution in [0.5, 0.6) is 5.75 Å². The monoisotopic (exact) mass is 375 g/mol. The van der Waals surface area contributed by atoms with Crippen molar-refractivity contribution in [2.75, 3.05) is 7.11 Å². The molecule has 7 nitrogen and oxygen atoms in total. The van der Waals surface area contributed by atoms with Crippen molar-refractivity contribution in [3.05, 3.63) is 64.7 Å². The summed E-state index contributed by atoms with van der Waals surface area (Å²) in [5.41, 5.74) is 2.42. The molecule has 0 unspecified atom stereocenters. The van der Waals surface area contributed by atoms with Crippen LogP contribution in [-0.4, -0.2) is 31.4 Å². The highest BCUT2D eigenvalue weighted by Gasteiger charge is 2.21. The predicted molar refractivity (Wildman–Crippen MR) is 108 cm³/mol. The van der Waals surface area contributed by atoms with Gasteiger partial charge in [0.15, 0.2) is 11.3 Å². The second-order valence-corrected chi connectivity index (χ2v) is 6.49. The van der Waals surface area contributed by atoms with Crippen molar-refractivity contribution in [3.63, 3.8) is 0 Å². The van der Waals surface area contributed by atoms with Crippen LogP contribution in [0.3, 0.4) is 0 Å². The van der Waals surface area contributed by atoms with Crippen LogP contribution in [0.2, 0.25) is 0 Å². The summed E-state index contributed by atoms with van der Waals surface area (Å²) in [7, 11) is 3.32. The van der Waals surface area contributed by atoms with Crippen molar-refractivity contribution in [1.29, 1.82) is 0 Å². The lowest BCUT2D eigenvalue weighted by atomic mass is 10.1. The molecule has 0 aliphatic carbocycles. The highest BCUT2D eigenvalue weighted by Crippen LogP contribution is 2.29. The van der Waals surface area contributed by atoms with E-state index in [1.807, 2.05) is 42.5 Å². The van der Waals surface area contributed by atoms with Gasteiger partial charge >= 0.3 is 0 Å². The molecule has 0 saturated heterocycles. The van der Waals surface area contributed by atoms with Crippen LogP contribution >= 0.6 is 0 Å². The van der Waals surface area contributed by atoms with E-state index >= 15 is 0 Å². The van der Waals surface area contributed by atoms with Crippen molar-refractivity contribution < 1.29 is 4.74 Å². The second-order valence-electron chi connectivity index (χ2n) is 6.49. The number of hydrogen-bond donors (Lipinski definition) is 0. The lowest BCUT2D eigenvalue weighted by Crippen LogP contribution is -2.22. The van der Waals surface area contributed by atoms with Gasteiger partial charge in [-0.2, -0.15) is 5.10 Å². The molecule has 4 rings (SSSR count). The highest BCUT2D eigenvalue weighted by molar-refractivity contribution is 5.81. The van der Waals surface area contributed by atoms with Gasteiger partial charge in [0.25, 0.3) is 5.56 Å². The molecule has 0 saturated carbocycles. The summed E-state index contributed by atoms with van der Waals surface area (Å²) in [4.78, 5) is 22.5. The summed E-state index contributed by atoms with van der Waals surface area (Å²) in [6.07, 6.45) is 3.31. The van der Waals surface area contributed by atoms with Gasteiger partial charge in [-0.05, 0) is 30.7 Å². The first-order valence-corrected chi connectivity index (χ1v) is 9.19. The van der Waals surface area contributed by atoms with Crippen LogP contribution < -0.4 is 10.3 Å². The maximum absolute atomic E-state index is 13.3. The number of aromatic nitrogens is 5. The van der Waals surface area contributed by atoms with Crippen molar-refractivity contribution in [3.8, 4) is 23.0 Å². The minimum Gasteiger partial charge on any atom is -0.496 e. The third-order valence-electron chi connectivity index (χ3n) is 4.67. The van der Waals surface area contributed by atoms with E-state index in [1.54, 1.807) is 25.0 Å². The van der Waals surface area contributed by atoms with Crippen LogP contribution in [0, 0.1) is 0 Å². The molecule has 28 heavy (non-hydrogen) atoms. The summed E-state index contributed by atoms with van der Waals surface area (Å²) >= 11 is 0. The molecule has 0 fully saturated rings. The molecule has 0 aliphatic rings.